The topological polar surface area (TPSA) is 71.5 Å². The number of aromatic nitrogens is 1. The van der Waals surface area contributed by atoms with Crippen molar-refractivity contribution in [3.63, 3.8) is 0 Å². The van der Waals surface area contributed by atoms with Crippen LogP contribution in [0.25, 0.3) is 0 Å². The fraction of sp³-hybridized carbons (Fsp3) is 0.353. The van der Waals surface area contributed by atoms with E-state index >= 15 is 0 Å². The molecule has 1 aliphatic rings. The van der Waals surface area contributed by atoms with Gasteiger partial charge in [0.05, 0.1) is 12.0 Å². The van der Waals surface area contributed by atoms with Crippen LogP contribution >= 0.6 is 0 Å². The lowest BCUT2D eigenvalue weighted by molar-refractivity contribution is 0.414. The summed E-state index contributed by atoms with van der Waals surface area (Å²) in [5.41, 5.74) is 0.829. The number of rotatable bonds is 6. The zero-order valence-electron chi connectivity index (χ0n) is 13.6. The highest BCUT2D eigenvalue weighted by Crippen LogP contribution is 2.18. The van der Waals surface area contributed by atoms with Crippen LogP contribution in [-0.4, -0.2) is 33.6 Å². The molecule has 24 heavy (non-hydrogen) atoms. The Kier molecular flexibility index (Phi) is 5.01. The predicted molar refractivity (Wildman–Crippen MR) is 92.7 cm³/mol. The number of nitrogens with one attached hydrogen (secondary N) is 1. The van der Waals surface area contributed by atoms with E-state index in [1.165, 1.54) is 25.0 Å². The quantitative estimate of drug-likeness (QED) is 0.867. The number of ether oxygens (including phenoxy) is 1. The Hall–Kier alpha value is -2.12. The number of methoxy groups -OCH3 is 1. The number of sulfonamides is 1. The van der Waals surface area contributed by atoms with E-state index in [2.05, 4.69) is 14.6 Å². The second-order valence-electron chi connectivity index (χ2n) is 5.72. The highest BCUT2D eigenvalue weighted by molar-refractivity contribution is 7.89. The lowest BCUT2D eigenvalue weighted by atomic mass is 10.3. The van der Waals surface area contributed by atoms with Crippen molar-refractivity contribution in [3.8, 4) is 5.75 Å². The lowest BCUT2D eigenvalue weighted by Crippen LogP contribution is -2.23. The first kappa shape index (κ1) is 16.7. The number of hydrogen-bond acceptors (Lipinski definition) is 5. The van der Waals surface area contributed by atoms with E-state index in [0.717, 1.165) is 24.5 Å². The van der Waals surface area contributed by atoms with Gasteiger partial charge >= 0.3 is 0 Å². The van der Waals surface area contributed by atoms with Crippen molar-refractivity contribution in [2.24, 2.45) is 0 Å². The predicted octanol–water partition coefficient (Wildman–Crippen LogP) is 2.17. The Morgan fingerprint density at radius 3 is 2.42 bits per heavy atom. The largest absolute Gasteiger partial charge is 0.497 e. The molecule has 2 aromatic rings. The van der Waals surface area contributed by atoms with Gasteiger partial charge in [0.15, 0.2) is 0 Å². The maximum Gasteiger partial charge on any atom is 0.240 e. The second-order valence-corrected chi connectivity index (χ2v) is 7.49. The molecule has 0 radical (unpaired) electrons. The molecule has 0 bridgehead atoms. The molecule has 7 heteroatoms. The molecule has 1 fully saturated rings. The van der Waals surface area contributed by atoms with E-state index in [1.54, 1.807) is 25.4 Å². The summed E-state index contributed by atoms with van der Waals surface area (Å²) in [6.07, 6.45) is 4.13. The van der Waals surface area contributed by atoms with Crippen molar-refractivity contribution >= 4 is 15.8 Å². The van der Waals surface area contributed by atoms with Gasteiger partial charge < -0.3 is 9.64 Å². The van der Waals surface area contributed by atoms with Crippen LogP contribution in [0.3, 0.4) is 0 Å². The van der Waals surface area contributed by atoms with Crippen molar-refractivity contribution < 1.29 is 13.2 Å². The monoisotopic (exact) mass is 347 g/mol. The third-order valence-corrected chi connectivity index (χ3v) is 5.49. The van der Waals surface area contributed by atoms with E-state index in [1.807, 2.05) is 12.1 Å². The highest BCUT2D eigenvalue weighted by Gasteiger charge is 2.15. The van der Waals surface area contributed by atoms with Crippen LogP contribution in [0.1, 0.15) is 18.4 Å². The molecule has 1 aromatic carbocycles. The average molecular weight is 347 g/mol. The Balaban J connectivity index is 1.63. The molecule has 6 nitrogen and oxygen atoms in total. The summed E-state index contributed by atoms with van der Waals surface area (Å²) in [6.45, 7) is 2.29. The molecule has 0 spiro atoms. The minimum atomic E-state index is -3.55. The van der Waals surface area contributed by atoms with E-state index in [9.17, 15) is 8.42 Å². The van der Waals surface area contributed by atoms with E-state index in [4.69, 9.17) is 4.74 Å². The molecule has 2 heterocycles. The van der Waals surface area contributed by atoms with Crippen LogP contribution in [0.2, 0.25) is 0 Å². The van der Waals surface area contributed by atoms with Gasteiger partial charge in [0, 0.05) is 25.8 Å². The third kappa shape index (κ3) is 3.85. The first-order chi connectivity index (χ1) is 11.6. The van der Waals surface area contributed by atoms with Gasteiger partial charge in [-0.3, -0.25) is 0 Å². The zero-order valence-corrected chi connectivity index (χ0v) is 14.4. The van der Waals surface area contributed by atoms with Gasteiger partial charge in [-0.15, -0.1) is 0 Å². The molecule has 0 amide bonds. The molecule has 0 atom stereocenters. The van der Waals surface area contributed by atoms with Crippen LogP contribution in [0.5, 0.6) is 5.75 Å². The van der Waals surface area contributed by atoms with Crippen LogP contribution in [0.4, 0.5) is 5.82 Å². The van der Waals surface area contributed by atoms with Crippen molar-refractivity contribution in [1.82, 2.24) is 9.71 Å². The first-order valence-electron chi connectivity index (χ1n) is 7.92. The SMILES string of the molecule is COc1ccc(S(=O)(=O)NCc2ccc(N3CCCC3)nc2)cc1. The maximum absolute atomic E-state index is 12.3. The first-order valence-corrected chi connectivity index (χ1v) is 9.40. The third-order valence-electron chi connectivity index (χ3n) is 4.08. The Bertz CT molecular complexity index is 768. The number of pyridine rings is 1. The van der Waals surface area contributed by atoms with Gasteiger partial charge in [0.1, 0.15) is 11.6 Å². The van der Waals surface area contributed by atoms with Gasteiger partial charge in [0.2, 0.25) is 10.0 Å². The molecular weight excluding hydrogens is 326 g/mol. The summed E-state index contributed by atoms with van der Waals surface area (Å²) in [7, 11) is -2.01. The second kappa shape index (κ2) is 7.19. The van der Waals surface area contributed by atoms with Crippen LogP contribution in [0.15, 0.2) is 47.5 Å². The van der Waals surface area contributed by atoms with Crippen molar-refractivity contribution in [3.05, 3.63) is 48.2 Å². The summed E-state index contributed by atoms with van der Waals surface area (Å²) >= 11 is 0. The molecule has 0 aliphatic carbocycles. The molecule has 0 saturated carbocycles. The number of nitrogens with zero attached hydrogens (tertiary/aromatic N) is 2. The molecule has 128 valence electrons. The van der Waals surface area contributed by atoms with Crippen molar-refractivity contribution in [1.29, 1.82) is 0 Å². The van der Waals surface area contributed by atoms with E-state index in [-0.39, 0.29) is 11.4 Å². The average Bonchev–Trinajstić information content (AvgIpc) is 3.15. The van der Waals surface area contributed by atoms with Gasteiger partial charge in [-0.05, 0) is 48.7 Å². The summed E-state index contributed by atoms with van der Waals surface area (Å²) in [4.78, 5) is 6.89. The van der Waals surface area contributed by atoms with Crippen LogP contribution in [-0.2, 0) is 16.6 Å². The Morgan fingerprint density at radius 2 is 1.83 bits per heavy atom. The Labute approximate surface area is 142 Å². The zero-order chi connectivity index (χ0) is 17.0. The molecule has 1 aliphatic heterocycles. The fourth-order valence-corrected chi connectivity index (χ4v) is 3.69. The van der Waals surface area contributed by atoms with Crippen molar-refractivity contribution in [2.75, 3.05) is 25.1 Å². The molecular formula is C17H21N3O3S. The highest BCUT2D eigenvalue weighted by atomic mass is 32.2. The number of anilines is 1. The smallest absolute Gasteiger partial charge is 0.240 e. The lowest BCUT2D eigenvalue weighted by Gasteiger charge is -2.16. The maximum atomic E-state index is 12.3. The molecule has 1 aromatic heterocycles. The van der Waals surface area contributed by atoms with Gasteiger partial charge in [0.25, 0.3) is 0 Å². The van der Waals surface area contributed by atoms with Crippen LogP contribution < -0.4 is 14.4 Å². The summed E-state index contributed by atoms with van der Waals surface area (Å²) in [6, 6.07) is 10.2. The molecule has 0 unspecified atom stereocenters. The Morgan fingerprint density at radius 1 is 1.12 bits per heavy atom. The van der Waals surface area contributed by atoms with Gasteiger partial charge in [-0.25, -0.2) is 18.1 Å². The minimum absolute atomic E-state index is 0.210. The summed E-state index contributed by atoms with van der Waals surface area (Å²) in [5, 5.41) is 0. The van der Waals surface area contributed by atoms with Gasteiger partial charge in [-0.2, -0.15) is 0 Å². The number of hydrogen-bond donors (Lipinski definition) is 1. The van der Waals surface area contributed by atoms with E-state index < -0.39 is 10.0 Å². The molecule has 1 N–H and O–H groups in total. The summed E-state index contributed by atoms with van der Waals surface area (Å²) in [5.74, 6) is 1.57. The standard InChI is InChI=1S/C17H21N3O3S/c1-23-15-5-7-16(8-6-15)24(21,22)19-13-14-4-9-17(18-12-14)20-10-2-3-11-20/h4-9,12,19H,2-3,10-11,13H2,1H3. The fourth-order valence-electron chi connectivity index (χ4n) is 2.67. The van der Waals surface area contributed by atoms with Crippen molar-refractivity contribution in [2.45, 2.75) is 24.3 Å². The van der Waals surface area contributed by atoms with E-state index in [0.29, 0.717) is 5.75 Å². The van der Waals surface area contributed by atoms with Crippen LogP contribution in [0, 0.1) is 0 Å². The normalized spacial score (nSPS) is 14.8. The molecule has 3 rings (SSSR count). The molecule has 1 saturated heterocycles. The number of benzene rings is 1. The van der Waals surface area contributed by atoms with Gasteiger partial charge in [-0.1, -0.05) is 6.07 Å². The summed E-state index contributed by atoms with van der Waals surface area (Å²) < 4.78 is 32.2. The minimum Gasteiger partial charge on any atom is -0.497 e.